The van der Waals surface area contributed by atoms with E-state index in [0.29, 0.717) is 30.3 Å². The van der Waals surface area contributed by atoms with Crippen molar-refractivity contribution in [1.82, 2.24) is 24.1 Å². The lowest BCUT2D eigenvalue weighted by atomic mass is 9.86. The number of nitrogens with zero attached hydrogens (tertiary/aromatic N) is 7. The molecule has 3 radical (unpaired) electrons. The van der Waals surface area contributed by atoms with Crippen LogP contribution in [0.4, 0.5) is 16.2 Å². The number of benzene rings is 1. The maximum atomic E-state index is 14.6. The lowest BCUT2D eigenvalue weighted by Gasteiger charge is -2.41. The second-order valence-electron chi connectivity index (χ2n) is 9.94. The molecule has 0 saturated carbocycles. The van der Waals surface area contributed by atoms with E-state index < -0.39 is 22.5 Å². The number of aromatic nitrogens is 5. The van der Waals surface area contributed by atoms with Crippen LogP contribution in [0.3, 0.4) is 0 Å². The third kappa shape index (κ3) is 3.65. The summed E-state index contributed by atoms with van der Waals surface area (Å²) in [4.78, 5) is 24.0. The SMILES string of the molecule is CC(c1nn2ccc(F)c2c(=O)n1-c1ccccc1)C1([Si])CC(C)(C)CN1c1nc(N)ncc1C#N. The number of nitrogen functional groups attached to an aromatic ring is 1. The predicted molar refractivity (Wildman–Crippen MR) is 135 cm³/mol. The van der Waals surface area contributed by atoms with Gasteiger partial charge in [0.1, 0.15) is 17.5 Å². The van der Waals surface area contributed by atoms with Crippen molar-refractivity contribution in [2.24, 2.45) is 5.41 Å². The van der Waals surface area contributed by atoms with Crippen LogP contribution in [0.25, 0.3) is 11.2 Å². The number of nitrogens with two attached hydrogens (primary N) is 1. The maximum absolute atomic E-state index is 14.6. The Morgan fingerprint density at radius 1 is 1.25 bits per heavy atom. The van der Waals surface area contributed by atoms with Crippen molar-refractivity contribution < 1.29 is 4.39 Å². The molecule has 3 aromatic heterocycles. The molecule has 1 fully saturated rings. The standard InChI is InChI=1S/C25H24FN8OSi/c1-15(25(36)13-24(2,3)14-32(25)21-16(11-27)12-29-23(28)30-21)20-31-33-10-9-18(26)19(33)22(35)34(20)17-7-5-4-6-8-17/h4-10,12,15H,13-14H2,1-3H3,(H2,28,29,30). The largest absolute Gasteiger partial charge is 0.368 e. The molecule has 1 aliphatic rings. The van der Waals surface area contributed by atoms with E-state index in [1.165, 1.54) is 27.5 Å². The summed E-state index contributed by atoms with van der Waals surface area (Å²) < 4.78 is 17.3. The second-order valence-corrected chi connectivity index (χ2v) is 10.8. The third-order valence-corrected chi connectivity index (χ3v) is 7.64. The Labute approximate surface area is 210 Å². The molecule has 181 valence electrons. The lowest BCUT2D eigenvalue weighted by Crippen LogP contribution is -2.51. The van der Waals surface area contributed by atoms with Gasteiger partial charge in [-0.05, 0) is 30.0 Å². The highest BCUT2D eigenvalue weighted by molar-refractivity contribution is 6.18. The summed E-state index contributed by atoms with van der Waals surface area (Å²) in [6.07, 6.45) is 3.48. The van der Waals surface area contributed by atoms with Gasteiger partial charge in [-0.3, -0.25) is 9.36 Å². The molecule has 4 aromatic rings. The molecule has 4 heterocycles. The van der Waals surface area contributed by atoms with Crippen LogP contribution in [0.1, 0.15) is 44.5 Å². The highest BCUT2D eigenvalue weighted by atomic mass is 28.1. The Morgan fingerprint density at radius 2 is 1.97 bits per heavy atom. The Bertz CT molecular complexity index is 1570. The summed E-state index contributed by atoms with van der Waals surface area (Å²) in [5, 5.41) is 13.7. The highest BCUT2D eigenvalue weighted by Crippen LogP contribution is 2.48. The van der Waals surface area contributed by atoms with Gasteiger partial charge in [-0.1, -0.05) is 39.0 Å². The van der Waals surface area contributed by atoms with Crippen molar-refractivity contribution in [1.29, 1.82) is 5.26 Å². The molecule has 1 saturated heterocycles. The normalized spacial score (nSPS) is 19.9. The van der Waals surface area contributed by atoms with Crippen LogP contribution in [0.5, 0.6) is 0 Å². The molecule has 36 heavy (non-hydrogen) atoms. The number of fused-ring (bicyclic) bond motifs is 1. The molecule has 0 spiro atoms. The van der Waals surface area contributed by atoms with Crippen LogP contribution in [-0.2, 0) is 0 Å². The summed E-state index contributed by atoms with van der Waals surface area (Å²) in [6.45, 7) is 6.74. The molecule has 0 amide bonds. The topological polar surface area (TPSA) is 118 Å². The van der Waals surface area contributed by atoms with Crippen LogP contribution < -0.4 is 16.2 Å². The van der Waals surface area contributed by atoms with Gasteiger partial charge in [0.25, 0.3) is 5.56 Å². The average Bonchev–Trinajstić information content (AvgIpc) is 3.35. The zero-order valence-electron chi connectivity index (χ0n) is 20.1. The van der Waals surface area contributed by atoms with E-state index in [9.17, 15) is 14.4 Å². The first kappa shape index (κ1) is 23.7. The molecule has 11 heteroatoms. The van der Waals surface area contributed by atoms with Crippen molar-refractivity contribution >= 4 is 27.5 Å². The fraction of sp³-hybridized carbons (Fsp3) is 0.320. The fourth-order valence-electron chi connectivity index (χ4n) is 5.14. The maximum Gasteiger partial charge on any atom is 0.285 e. The predicted octanol–water partition coefficient (Wildman–Crippen LogP) is 2.77. The molecular formula is C25H24FN8OSi. The zero-order valence-corrected chi connectivity index (χ0v) is 21.1. The summed E-state index contributed by atoms with van der Waals surface area (Å²) in [5.74, 6) is -0.185. The summed E-state index contributed by atoms with van der Waals surface area (Å²) in [5.41, 5.74) is 5.94. The van der Waals surface area contributed by atoms with Crippen LogP contribution >= 0.6 is 0 Å². The smallest absolute Gasteiger partial charge is 0.285 e. The molecule has 0 aliphatic carbocycles. The van der Waals surface area contributed by atoms with Crippen molar-refractivity contribution in [3.63, 3.8) is 0 Å². The van der Waals surface area contributed by atoms with Crippen LogP contribution in [0.15, 0.2) is 53.6 Å². The van der Waals surface area contributed by atoms with Crippen LogP contribution in [0, 0.1) is 22.6 Å². The summed E-state index contributed by atoms with van der Waals surface area (Å²) in [6, 6.07) is 12.4. The molecular weight excluding hydrogens is 475 g/mol. The molecule has 1 aromatic carbocycles. The monoisotopic (exact) mass is 499 g/mol. The second kappa shape index (κ2) is 8.27. The lowest BCUT2D eigenvalue weighted by molar-refractivity contribution is 0.366. The molecule has 2 unspecified atom stereocenters. The first-order valence-corrected chi connectivity index (χ1v) is 12.0. The van der Waals surface area contributed by atoms with E-state index in [-0.39, 0.29) is 22.4 Å². The first-order valence-electron chi connectivity index (χ1n) is 11.5. The molecule has 0 bridgehead atoms. The number of rotatable bonds is 4. The Hall–Kier alpha value is -4.04. The van der Waals surface area contributed by atoms with E-state index in [0.717, 1.165) is 0 Å². The van der Waals surface area contributed by atoms with Gasteiger partial charge in [-0.15, -0.1) is 0 Å². The quantitative estimate of drug-likeness (QED) is 0.429. The third-order valence-electron chi connectivity index (χ3n) is 6.76. The van der Waals surface area contributed by atoms with Gasteiger partial charge in [0.05, 0.1) is 22.1 Å². The van der Waals surface area contributed by atoms with E-state index in [1.54, 1.807) is 12.1 Å². The van der Waals surface area contributed by atoms with Gasteiger partial charge < -0.3 is 10.6 Å². The Morgan fingerprint density at radius 3 is 2.67 bits per heavy atom. The number of hydrogen-bond acceptors (Lipinski definition) is 7. The van der Waals surface area contributed by atoms with Crippen LogP contribution in [0.2, 0.25) is 0 Å². The van der Waals surface area contributed by atoms with Gasteiger partial charge in [-0.25, -0.2) is 13.9 Å². The van der Waals surface area contributed by atoms with Gasteiger partial charge in [0, 0.05) is 23.8 Å². The fourth-order valence-corrected chi connectivity index (χ4v) is 5.93. The van der Waals surface area contributed by atoms with Gasteiger partial charge >= 0.3 is 0 Å². The molecule has 9 nitrogen and oxygen atoms in total. The zero-order chi connectivity index (χ0) is 25.8. The molecule has 2 N–H and O–H groups in total. The van der Waals surface area contributed by atoms with E-state index in [4.69, 9.17) is 10.8 Å². The van der Waals surface area contributed by atoms with Gasteiger partial charge in [-0.2, -0.15) is 15.3 Å². The Balaban J connectivity index is 1.76. The Kier molecular flexibility index (Phi) is 5.44. The molecule has 1 aliphatic heterocycles. The van der Waals surface area contributed by atoms with Crippen LogP contribution in [-0.4, -0.2) is 46.1 Å². The van der Waals surface area contributed by atoms with E-state index in [2.05, 4.69) is 40.1 Å². The van der Waals surface area contributed by atoms with E-state index >= 15 is 0 Å². The van der Waals surface area contributed by atoms with Gasteiger partial charge in [0.2, 0.25) is 5.95 Å². The number of nitriles is 1. The number of anilines is 2. The minimum absolute atomic E-state index is 0.0546. The van der Waals surface area contributed by atoms with Gasteiger partial charge in [0.15, 0.2) is 17.2 Å². The summed E-state index contributed by atoms with van der Waals surface area (Å²) in [7, 11) is 4.06. The highest BCUT2D eigenvalue weighted by Gasteiger charge is 2.52. The number of para-hydroxylation sites is 1. The molecule has 2 atom stereocenters. The number of halogens is 1. The minimum atomic E-state index is -0.814. The van der Waals surface area contributed by atoms with Crippen molar-refractivity contribution in [2.45, 2.75) is 38.3 Å². The van der Waals surface area contributed by atoms with E-state index in [1.807, 2.05) is 30.0 Å². The summed E-state index contributed by atoms with van der Waals surface area (Å²) >= 11 is 0. The average molecular weight is 500 g/mol. The number of hydrogen-bond donors (Lipinski definition) is 1. The van der Waals surface area contributed by atoms with Crippen molar-refractivity contribution in [3.8, 4) is 11.8 Å². The van der Waals surface area contributed by atoms with Crippen molar-refractivity contribution in [3.05, 3.63) is 76.4 Å². The van der Waals surface area contributed by atoms with Crippen molar-refractivity contribution in [2.75, 3.05) is 17.2 Å². The molecule has 5 rings (SSSR count). The minimum Gasteiger partial charge on any atom is -0.368 e. The first-order chi connectivity index (χ1) is 17.1.